The maximum atomic E-state index is 12.2. The highest BCUT2D eigenvalue weighted by Gasteiger charge is 2.45. The molecule has 0 saturated carbocycles. The van der Waals surface area contributed by atoms with E-state index < -0.39 is 11.6 Å². The summed E-state index contributed by atoms with van der Waals surface area (Å²) in [6, 6.07) is -0.417. The van der Waals surface area contributed by atoms with Crippen molar-refractivity contribution in [2.45, 2.75) is 51.4 Å². The molecule has 8 heteroatoms. The van der Waals surface area contributed by atoms with Crippen LogP contribution in [0.25, 0.3) is 0 Å². The lowest BCUT2D eigenvalue weighted by molar-refractivity contribution is -0.138. The summed E-state index contributed by atoms with van der Waals surface area (Å²) < 4.78 is 5.99. The molecule has 4 atom stereocenters. The van der Waals surface area contributed by atoms with Crippen molar-refractivity contribution in [2.24, 2.45) is 5.92 Å². The Bertz CT molecular complexity index is 536. The first kappa shape index (κ1) is 19.7. The molecule has 2 fully saturated rings. The van der Waals surface area contributed by atoms with Crippen LogP contribution in [0.1, 0.15) is 33.6 Å². The van der Waals surface area contributed by atoms with E-state index in [1.807, 2.05) is 0 Å². The van der Waals surface area contributed by atoms with Crippen LogP contribution in [0, 0.1) is 5.92 Å². The average Bonchev–Trinajstić information content (AvgIpc) is 2.65. The van der Waals surface area contributed by atoms with Gasteiger partial charge in [0.2, 0.25) is 17.7 Å². The fourth-order valence-corrected chi connectivity index (χ4v) is 3.77. The smallest absolute Gasteiger partial charge is 0.241 e. The number of rotatable bonds is 3. The van der Waals surface area contributed by atoms with Crippen molar-refractivity contribution >= 4 is 17.7 Å². The molecule has 2 aliphatic rings. The standard InChI is InChI=1S/C17H29N3O5/c1-11(21)18-8-16(23)20-6-5-14-13(9-20)7-17(3,24)15(10-25-14)19(4)12(2)22/h13-15,24H,5-10H2,1-4H3,(H,18,21)/t13-,14+,15+,17+/m0/s1. The van der Waals surface area contributed by atoms with E-state index in [0.717, 1.165) is 0 Å². The van der Waals surface area contributed by atoms with Crippen molar-refractivity contribution in [1.29, 1.82) is 0 Å². The predicted molar refractivity (Wildman–Crippen MR) is 90.6 cm³/mol. The van der Waals surface area contributed by atoms with E-state index in [0.29, 0.717) is 25.9 Å². The van der Waals surface area contributed by atoms with Crippen LogP contribution in [-0.2, 0) is 19.1 Å². The van der Waals surface area contributed by atoms with E-state index in [9.17, 15) is 19.5 Å². The second-order valence-corrected chi connectivity index (χ2v) is 7.38. The van der Waals surface area contributed by atoms with Crippen molar-refractivity contribution in [3.05, 3.63) is 0 Å². The van der Waals surface area contributed by atoms with Crippen LogP contribution in [0.15, 0.2) is 0 Å². The highest BCUT2D eigenvalue weighted by molar-refractivity contribution is 5.83. The van der Waals surface area contributed by atoms with Gasteiger partial charge >= 0.3 is 0 Å². The molecule has 0 aromatic carbocycles. The number of piperidine rings is 1. The van der Waals surface area contributed by atoms with Gasteiger partial charge in [0.25, 0.3) is 0 Å². The molecule has 2 aliphatic heterocycles. The first-order valence-corrected chi connectivity index (χ1v) is 8.71. The van der Waals surface area contributed by atoms with Crippen molar-refractivity contribution in [3.63, 3.8) is 0 Å². The zero-order valence-corrected chi connectivity index (χ0v) is 15.4. The van der Waals surface area contributed by atoms with Gasteiger partial charge in [-0.05, 0) is 19.8 Å². The Labute approximate surface area is 148 Å². The Hall–Kier alpha value is -1.67. The minimum atomic E-state index is -1.09. The summed E-state index contributed by atoms with van der Waals surface area (Å²) in [7, 11) is 1.67. The van der Waals surface area contributed by atoms with Gasteiger partial charge in [0, 0.05) is 39.9 Å². The topological polar surface area (TPSA) is 99.2 Å². The average molecular weight is 355 g/mol. The van der Waals surface area contributed by atoms with E-state index >= 15 is 0 Å². The van der Waals surface area contributed by atoms with Gasteiger partial charge in [0.05, 0.1) is 30.9 Å². The van der Waals surface area contributed by atoms with Crippen molar-refractivity contribution in [3.8, 4) is 0 Å². The molecule has 0 spiro atoms. The monoisotopic (exact) mass is 355 g/mol. The maximum absolute atomic E-state index is 12.2. The Kier molecular flexibility index (Phi) is 6.05. The first-order chi connectivity index (χ1) is 11.6. The summed E-state index contributed by atoms with van der Waals surface area (Å²) in [6.07, 6.45) is 1.09. The molecule has 2 saturated heterocycles. The van der Waals surface area contributed by atoms with E-state index in [2.05, 4.69) is 5.32 Å². The quantitative estimate of drug-likeness (QED) is 0.701. The van der Waals surface area contributed by atoms with Gasteiger partial charge in [-0.2, -0.15) is 0 Å². The third-order valence-electron chi connectivity index (χ3n) is 5.33. The molecule has 0 radical (unpaired) electrons. The van der Waals surface area contributed by atoms with Gasteiger partial charge in [-0.3, -0.25) is 14.4 Å². The number of carbonyl (C=O) groups excluding carboxylic acids is 3. The number of likely N-dealkylation sites (tertiary alicyclic amines) is 1. The molecular weight excluding hydrogens is 326 g/mol. The number of carbonyl (C=O) groups is 3. The van der Waals surface area contributed by atoms with Crippen LogP contribution in [-0.4, -0.2) is 83.7 Å². The molecule has 0 unspecified atom stereocenters. The summed E-state index contributed by atoms with van der Waals surface area (Å²) in [4.78, 5) is 38.2. The Morgan fingerprint density at radius 2 is 2.04 bits per heavy atom. The van der Waals surface area contributed by atoms with Crippen LogP contribution in [0.5, 0.6) is 0 Å². The SMILES string of the molecule is CC(=O)NCC(=O)N1CC[C@H]2OC[C@@H](N(C)C(C)=O)[C@](C)(O)C[C@H]2C1. The van der Waals surface area contributed by atoms with Crippen LogP contribution >= 0.6 is 0 Å². The van der Waals surface area contributed by atoms with E-state index in [-0.39, 0.29) is 42.9 Å². The molecule has 8 nitrogen and oxygen atoms in total. The van der Waals surface area contributed by atoms with Gasteiger partial charge < -0.3 is 25.0 Å². The van der Waals surface area contributed by atoms with Gasteiger partial charge in [-0.1, -0.05) is 0 Å². The minimum Gasteiger partial charge on any atom is -0.388 e. The number of aliphatic hydroxyl groups is 1. The third kappa shape index (κ3) is 4.70. The predicted octanol–water partition coefficient (Wildman–Crippen LogP) is -0.642. The lowest BCUT2D eigenvalue weighted by atomic mass is 9.82. The number of likely N-dealkylation sites (N-methyl/N-ethyl adjacent to an activating group) is 1. The van der Waals surface area contributed by atoms with Crippen LogP contribution in [0.2, 0.25) is 0 Å². The molecule has 142 valence electrons. The maximum Gasteiger partial charge on any atom is 0.241 e. The number of hydrogen-bond acceptors (Lipinski definition) is 5. The van der Waals surface area contributed by atoms with Crippen molar-refractivity contribution in [1.82, 2.24) is 15.1 Å². The number of ether oxygens (including phenoxy) is 1. The number of hydrogen-bond donors (Lipinski definition) is 2. The second-order valence-electron chi connectivity index (χ2n) is 7.38. The lowest BCUT2D eigenvalue weighted by Gasteiger charge is -2.40. The Balaban J connectivity index is 2.05. The van der Waals surface area contributed by atoms with E-state index in [4.69, 9.17) is 4.74 Å². The van der Waals surface area contributed by atoms with E-state index in [1.54, 1.807) is 18.9 Å². The molecule has 2 N–H and O–H groups in total. The van der Waals surface area contributed by atoms with Crippen molar-refractivity contribution < 1.29 is 24.2 Å². The minimum absolute atomic E-state index is 0.00427. The summed E-state index contributed by atoms with van der Waals surface area (Å²) >= 11 is 0. The molecule has 0 aromatic rings. The zero-order chi connectivity index (χ0) is 18.8. The summed E-state index contributed by atoms with van der Waals surface area (Å²) in [5, 5.41) is 13.5. The largest absolute Gasteiger partial charge is 0.388 e. The van der Waals surface area contributed by atoms with Crippen LogP contribution < -0.4 is 5.32 Å². The highest BCUT2D eigenvalue weighted by atomic mass is 16.5. The number of nitrogens with one attached hydrogen (secondary N) is 1. The molecule has 0 bridgehead atoms. The van der Waals surface area contributed by atoms with Gasteiger partial charge in [-0.15, -0.1) is 0 Å². The molecular formula is C17H29N3O5. The fraction of sp³-hybridized carbons (Fsp3) is 0.824. The van der Waals surface area contributed by atoms with Crippen LogP contribution in [0.3, 0.4) is 0 Å². The van der Waals surface area contributed by atoms with Gasteiger partial charge in [0.15, 0.2) is 0 Å². The van der Waals surface area contributed by atoms with Crippen molar-refractivity contribution in [2.75, 3.05) is 33.3 Å². The molecule has 0 aromatic heterocycles. The number of nitrogens with zero attached hydrogens (tertiary/aromatic N) is 2. The molecule has 0 aliphatic carbocycles. The van der Waals surface area contributed by atoms with Gasteiger partial charge in [-0.25, -0.2) is 0 Å². The number of amides is 3. The van der Waals surface area contributed by atoms with Gasteiger partial charge in [0.1, 0.15) is 0 Å². The Morgan fingerprint density at radius 1 is 1.36 bits per heavy atom. The number of fused-ring (bicyclic) bond motifs is 1. The summed E-state index contributed by atoms with van der Waals surface area (Å²) in [5.74, 6) is -0.490. The first-order valence-electron chi connectivity index (χ1n) is 8.71. The molecule has 2 heterocycles. The van der Waals surface area contributed by atoms with Crippen LogP contribution in [0.4, 0.5) is 0 Å². The molecule has 25 heavy (non-hydrogen) atoms. The zero-order valence-electron chi connectivity index (χ0n) is 15.4. The third-order valence-corrected chi connectivity index (χ3v) is 5.33. The fourth-order valence-electron chi connectivity index (χ4n) is 3.77. The highest BCUT2D eigenvalue weighted by Crippen LogP contribution is 2.34. The Morgan fingerprint density at radius 3 is 2.64 bits per heavy atom. The lowest BCUT2D eigenvalue weighted by Crippen LogP contribution is -2.54. The second kappa shape index (κ2) is 7.70. The van der Waals surface area contributed by atoms with E-state index in [1.165, 1.54) is 18.7 Å². The summed E-state index contributed by atoms with van der Waals surface area (Å²) in [6.45, 7) is 5.88. The molecule has 2 rings (SSSR count). The normalized spacial score (nSPS) is 32.4. The molecule has 3 amide bonds. The summed E-state index contributed by atoms with van der Waals surface area (Å²) in [5.41, 5.74) is -1.09.